The number of rotatable bonds is 4. The molecule has 1 aliphatic carbocycles. The van der Waals surface area contributed by atoms with Crippen LogP contribution >= 0.6 is 0 Å². The molecule has 1 atom stereocenters. The number of hydrogen-bond donors (Lipinski definition) is 1. The lowest BCUT2D eigenvalue weighted by atomic mass is 9.83. The van der Waals surface area contributed by atoms with Crippen molar-refractivity contribution in [2.75, 3.05) is 5.32 Å². The van der Waals surface area contributed by atoms with Crippen LogP contribution in [0, 0.1) is 31.1 Å². The van der Waals surface area contributed by atoms with Crippen molar-refractivity contribution in [3.8, 4) is 6.07 Å². The van der Waals surface area contributed by atoms with Gasteiger partial charge in [0.1, 0.15) is 11.6 Å². The van der Waals surface area contributed by atoms with Crippen molar-refractivity contribution < 1.29 is 0 Å². The van der Waals surface area contributed by atoms with Crippen LogP contribution in [0.3, 0.4) is 0 Å². The predicted molar refractivity (Wildman–Crippen MR) is 80.5 cm³/mol. The van der Waals surface area contributed by atoms with Crippen molar-refractivity contribution in [2.45, 2.75) is 65.3 Å². The average Bonchev–Trinajstić information content (AvgIpc) is 2.49. The van der Waals surface area contributed by atoms with Gasteiger partial charge in [-0.1, -0.05) is 26.2 Å². The van der Waals surface area contributed by atoms with Crippen LogP contribution in [0.2, 0.25) is 0 Å². The molecule has 4 heteroatoms. The van der Waals surface area contributed by atoms with Gasteiger partial charge in [-0.15, -0.1) is 5.10 Å². The van der Waals surface area contributed by atoms with E-state index < -0.39 is 0 Å². The van der Waals surface area contributed by atoms with Gasteiger partial charge in [-0.25, -0.2) is 0 Å². The number of anilines is 1. The third kappa shape index (κ3) is 3.09. The Balaban J connectivity index is 2.19. The molecule has 1 fully saturated rings. The minimum Gasteiger partial charge on any atom is -0.364 e. The molecule has 1 N–H and O–H groups in total. The molecule has 1 heterocycles. The number of nitrogens with zero attached hydrogens (tertiary/aromatic N) is 3. The first kappa shape index (κ1) is 14.8. The molecule has 2 rings (SSSR count). The van der Waals surface area contributed by atoms with E-state index in [0.717, 1.165) is 17.7 Å². The van der Waals surface area contributed by atoms with E-state index in [2.05, 4.69) is 28.5 Å². The van der Waals surface area contributed by atoms with Crippen molar-refractivity contribution in [1.29, 1.82) is 5.26 Å². The van der Waals surface area contributed by atoms with Crippen LogP contribution < -0.4 is 5.32 Å². The first-order chi connectivity index (χ1) is 9.67. The molecular weight excluding hydrogens is 248 g/mol. The number of hydrogen-bond acceptors (Lipinski definition) is 4. The summed E-state index contributed by atoms with van der Waals surface area (Å²) in [7, 11) is 0. The predicted octanol–water partition coefficient (Wildman–Crippen LogP) is 3.74. The van der Waals surface area contributed by atoms with E-state index in [1.165, 1.54) is 32.1 Å². The van der Waals surface area contributed by atoms with Gasteiger partial charge in [0.05, 0.1) is 5.69 Å². The maximum absolute atomic E-state index is 9.36. The summed E-state index contributed by atoms with van der Waals surface area (Å²) in [5, 5.41) is 21.2. The summed E-state index contributed by atoms with van der Waals surface area (Å²) in [5.74, 6) is 1.36. The molecule has 1 saturated carbocycles. The van der Waals surface area contributed by atoms with Gasteiger partial charge in [-0.3, -0.25) is 0 Å². The molecule has 0 saturated heterocycles. The topological polar surface area (TPSA) is 61.6 Å². The maximum atomic E-state index is 9.36. The quantitative estimate of drug-likeness (QED) is 0.907. The van der Waals surface area contributed by atoms with E-state index in [1.54, 1.807) is 0 Å². The summed E-state index contributed by atoms with van der Waals surface area (Å²) in [5.41, 5.74) is 2.41. The Morgan fingerprint density at radius 3 is 2.55 bits per heavy atom. The lowest BCUT2D eigenvalue weighted by Gasteiger charge is -2.30. The highest BCUT2D eigenvalue weighted by atomic mass is 15.2. The number of nitriles is 1. The third-order valence-corrected chi connectivity index (χ3v) is 4.55. The Labute approximate surface area is 121 Å². The molecular formula is C16H24N4. The molecule has 0 aliphatic heterocycles. The van der Waals surface area contributed by atoms with Crippen LogP contribution in [0.15, 0.2) is 0 Å². The van der Waals surface area contributed by atoms with Gasteiger partial charge < -0.3 is 5.32 Å². The molecule has 1 unspecified atom stereocenters. The Hall–Kier alpha value is -1.63. The second-order valence-electron chi connectivity index (χ2n) is 5.80. The second-order valence-corrected chi connectivity index (χ2v) is 5.80. The summed E-state index contributed by atoms with van der Waals surface area (Å²) < 4.78 is 0. The van der Waals surface area contributed by atoms with Gasteiger partial charge in [-0.2, -0.15) is 10.4 Å². The van der Waals surface area contributed by atoms with Crippen LogP contribution in [-0.2, 0) is 0 Å². The summed E-state index contributed by atoms with van der Waals surface area (Å²) in [4.78, 5) is 0. The fourth-order valence-electron chi connectivity index (χ4n) is 3.11. The molecule has 0 spiro atoms. The van der Waals surface area contributed by atoms with Crippen molar-refractivity contribution in [3.63, 3.8) is 0 Å². The van der Waals surface area contributed by atoms with Crippen LogP contribution in [-0.4, -0.2) is 16.2 Å². The number of aromatic nitrogens is 2. The molecule has 1 aliphatic rings. The highest BCUT2D eigenvalue weighted by Crippen LogP contribution is 2.30. The molecule has 0 amide bonds. The second kappa shape index (κ2) is 6.69. The SMILES string of the molecule is CCC(Nc1nnc(C)c(C)c1C#N)C1CCCCC1. The molecule has 20 heavy (non-hydrogen) atoms. The van der Waals surface area contributed by atoms with E-state index in [4.69, 9.17) is 0 Å². The monoisotopic (exact) mass is 272 g/mol. The van der Waals surface area contributed by atoms with Crippen molar-refractivity contribution >= 4 is 5.82 Å². The van der Waals surface area contributed by atoms with Gasteiger partial charge in [0.25, 0.3) is 0 Å². The zero-order valence-electron chi connectivity index (χ0n) is 12.7. The summed E-state index contributed by atoms with van der Waals surface area (Å²) in [6, 6.07) is 2.67. The first-order valence-electron chi connectivity index (χ1n) is 7.67. The maximum Gasteiger partial charge on any atom is 0.167 e. The molecule has 1 aromatic heterocycles. The highest BCUT2D eigenvalue weighted by Gasteiger charge is 2.24. The van der Waals surface area contributed by atoms with Gasteiger partial charge in [-0.05, 0) is 44.6 Å². The van der Waals surface area contributed by atoms with Crippen molar-refractivity contribution in [3.05, 3.63) is 16.8 Å². The van der Waals surface area contributed by atoms with Crippen LogP contribution in [0.5, 0.6) is 0 Å². The van der Waals surface area contributed by atoms with Gasteiger partial charge in [0.2, 0.25) is 0 Å². The van der Waals surface area contributed by atoms with Crippen LogP contribution in [0.25, 0.3) is 0 Å². The summed E-state index contributed by atoms with van der Waals surface area (Å²) in [6.45, 7) is 6.04. The molecule has 0 aromatic carbocycles. The summed E-state index contributed by atoms with van der Waals surface area (Å²) in [6.07, 6.45) is 7.64. The lowest BCUT2D eigenvalue weighted by molar-refractivity contribution is 0.312. The number of aryl methyl sites for hydroxylation is 1. The molecule has 0 radical (unpaired) electrons. The zero-order chi connectivity index (χ0) is 14.5. The molecule has 108 valence electrons. The lowest BCUT2D eigenvalue weighted by Crippen LogP contribution is -2.31. The standard InChI is InChI=1S/C16H24N4/c1-4-15(13-8-6-5-7-9-13)18-16-14(10-17)11(2)12(3)19-20-16/h13,15H,4-9H2,1-3H3,(H,18,20). The Bertz CT molecular complexity index is 498. The van der Waals surface area contributed by atoms with E-state index >= 15 is 0 Å². The van der Waals surface area contributed by atoms with E-state index in [0.29, 0.717) is 23.3 Å². The van der Waals surface area contributed by atoms with Gasteiger partial charge >= 0.3 is 0 Å². The summed E-state index contributed by atoms with van der Waals surface area (Å²) >= 11 is 0. The van der Waals surface area contributed by atoms with Crippen LogP contribution in [0.1, 0.15) is 62.3 Å². The normalized spacial score (nSPS) is 17.5. The minimum atomic E-state index is 0.402. The van der Waals surface area contributed by atoms with Gasteiger partial charge in [0, 0.05) is 6.04 Å². The van der Waals surface area contributed by atoms with Crippen molar-refractivity contribution in [2.24, 2.45) is 5.92 Å². The van der Waals surface area contributed by atoms with Crippen molar-refractivity contribution in [1.82, 2.24) is 10.2 Å². The Kier molecular flexibility index (Phi) is 4.94. The fourth-order valence-corrected chi connectivity index (χ4v) is 3.11. The molecule has 1 aromatic rings. The van der Waals surface area contributed by atoms with Gasteiger partial charge in [0.15, 0.2) is 5.82 Å². The Morgan fingerprint density at radius 2 is 1.95 bits per heavy atom. The minimum absolute atomic E-state index is 0.402. The third-order valence-electron chi connectivity index (χ3n) is 4.55. The van der Waals surface area contributed by atoms with E-state index in [-0.39, 0.29) is 0 Å². The smallest absolute Gasteiger partial charge is 0.167 e. The van der Waals surface area contributed by atoms with E-state index in [1.807, 2.05) is 13.8 Å². The average molecular weight is 272 g/mol. The first-order valence-corrected chi connectivity index (χ1v) is 7.67. The largest absolute Gasteiger partial charge is 0.364 e. The Morgan fingerprint density at radius 1 is 1.25 bits per heavy atom. The highest BCUT2D eigenvalue weighted by molar-refractivity contribution is 5.56. The van der Waals surface area contributed by atoms with Crippen LogP contribution in [0.4, 0.5) is 5.82 Å². The molecule has 0 bridgehead atoms. The fraction of sp³-hybridized carbons (Fsp3) is 0.688. The number of nitrogens with one attached hydrogen (secondary N) is 1. The van der Waals surface area contributed by atoms with E-state index in [9.17, 15) is 5.26 Å². The zero-order valence-corrected chi connectivity index (χ0v) is 12.7. The molecule has 4 nitrogen and oxygen atoms in total.